The number of nitrogens with one attached hydrogen (secondary N) is 3. The van der Waals surface area contributed by atoms with Crippen molar-refractivity contribution in [2.75, 3.05) is 5.32 Å². The zero-order valence-corrected chi connectivity index (χ0v) is 16.8. The van der Waals surface area contributed by atoms with Crippen molar-refractivity contribution in [2.45, 2.75) is 33.9 Å². The number of amides is 2. The number of hydrogen-bond donors (Lipinski definition) is 4. The predicted molar refractivity (Wildman–Crippen MR) is 108 cm³/mol. The fourth-order valence-electron chi connectivity index (χ4n) is 2.38. The maximum Gasteiger partial charge on any atom is 0.267 e. The molecule has 0 saturated heterocycles. The van der Waals surface area contributed by atoms with Crippen LogP contribution in [-0.4, -0.2) is 11.8 Å². The summed E-state index contributed by atoms with van der Waals surface area (Å²) in [5, 5.41) is 3.08. The van der Waals surface area contributed by atoms with Gasteiger partial charge in [-0.1, -0.05) is 50.6 Å². The van der Waals surface area contributed by atoms with Gasteiger partial charge in [0.1, 0.15) is 5.82 Å². The molecule has 0 fully saturated rings. The molecule has 28 heavy (non-hydrogen) atoms. The van der Waals surface area contributed by atoms with Gasteiger partial charge in [-0.05, 0) is 23.8 Å². The minimum Gasteiger partial charge on any atom is -0.326 e. The topological polar surface area (TPSA) is 96.2 Å². The molecular weight excluding hydrogens is 383 g/mol. The summed E-state index contributed by atoms with van der Waals surface area (Å²) in [6, 6.07) is 9.27. The summed E-state index contributed by atoms with van der Waals surface area (Å²) in [6.45, 7) is 5.46. The molecule has 0 aliphatic heterocycles. The van der Waals surface area contributed by atoms with Crippen molar-refractivity contribution in [3.63, 3.8) is 0 Å². The minimum atomic E-state index is -0.664. The van der Waals surface area contributed by atoms with E-state index in [0.29, 0.717) is 21.8 Å². The predicted octanol–water partition coefficient (Wildman–Crippen LogP) is 3.36. The lowest BCUT2D eigenvalue weighted by Crippen LogP contribution is -2.38. The van der Waals surface area contributed by atoms with E-state index in [1.165, 1.54) is 12.1 Å². The van der Waals surface area contributed by atoms with Gasteiger partial charge in [-0.15, -0.1) is 0 Å². The highest BCUT2D eigenvalue weighted by Gasteiger charge is 2.25. The third-order valence-corrected chi connectivity index (χ3v) is 4.23. The first-order valence-corrected chi connectivity index (χ1v) is 9.12. The second kappa shape index (κ2) is 9.14. The summed E-state index contributed by atoms with van der Waals surface area (Å²) in [4.78, 5) is 25.1. The third kappa shape index (κ3) is 5.51. The van der Waals surface area contributed by atoms with Crippen LogP contribution in [0.15, 0.2) is 36.4 Å². The lowest BCUT2D eigenvalue weighted by Gasteiger charge is -2.21. The molecule has 0 aromatic heterocycles. The van der Waals surface area contributed by atoms with Crippen LogP contribution < -0.4 is 21.9 Å². The van der Waals surface area contributed by atoms with Gasteiger partial charge in [0.2, 0.25) is 5.91 Å². The highest BCUT2D eigenvalue weighted by atomic mass is 35.5. The summed E-state index contributed by atoms with van der Waals surface area (Å²) in [6.07, 6.45) is 0. The van der Waals surface area contributed by atoms with Gasteiger partial charge in [0.05, 0.1) is 11.3 Å². The van der Waals surface area contributed by atoms with Crippen LogP contribution in [0.25, 0.3) is 0 Å². The lowest BCUT2D eigenvalue weighted by molar-refractivity contribution is -0.123. The number of hydrogen-bond acceptors (Lipinski definition) is 4. The number of halogens is 2. The van der Waals surface area contributed by atoms with E-state index in [-0.39, 0.29) is 30.4 Å². The Hall–Kier alpha value is -2.48. The van der Waals surface area contributed by atoms with Crippen LogP contribution in [0.4, 0.5) is 10.1 Å². The van der Waals surface area contributed by atoms with E-state index in [1.807, 2.05) is 0 Å². The van der Waals surface area contributed by atoms with Gasteiger partial charge in [-0.3, -0.25) is 15.0 Å². The van der Waals surface area contributed by atoms with Crippen molar-refractivity contribution in [3.05, 3.63) is 63.9 Å². The Morgan fingerprint density at radius 2 is 1.82 bits per heavy atom. The Morgan fingerprint density at radius 1 is 1.14 bits per heavy atom. The SMILES string of the molecule is CC(C)(C)C(=O)Nc1c(CN)cc(Cl)cc1C(=O)NNCc1ccccc1F. The van der Waals surface area contributed by atoms with Crippen LogP contribution in [-0.2, 0) is 17.9 Å². The molecule has 0 atom stereocenters. The molecule has 0 unspecified atom stereocenters. The van der Waals surface area contributed by atoms with Gasteiger partial charge in [0, 0.05) is 29.1 Å². The molecule has 0 aliphatic rings. The average molecular weight is 407 g/mol. The number of benzene rings is 2. The smallest absolute Gasteiger partial charge is 0.267 e. The van der Waals surface area contributed by atoms with E-state index in [1.54, 1.807) is 45.0 Å². The number of carbonyl (C=O) groups is 2. The molecule has 0 radical (unpaired) electrons. The molecule has 0 aliphatic carbocycles. The molecule has 0 heterocycles. The zero-order valence-electron chi connectivity index (χ0n) is 16.0. The Bertz CT molecular complexity index is 881. The number of hydrazine groups is 1. The average Bonchev–Trinajstić information content (AvgIpc) is 2.63. The summed E-state index contributed by atoms with van der Waals surface area (Å²) in [7, 11) is 0. The van der Waals surface area contributed by atoms with Crippen molar-refractivity contribution in [1.29, 1.82) is 0 Å². The van der Waals surface area contributed by atoms with Gasteiger partial charge in [0.15, 0.2) is 0 Å². The van der Waals surface area contributed by atoms with Gasteiger partial charge in [0.25, 0.3) is 5.91 Å². The van der Waals surface area contributed by atoms with Gasteiger partial charge in [-0.2, -0.15) is 0 Å². The Morgan fingerprint density at radius 3 is 2.43 bits per heavy atom. The zero-order chi connectivity index (χ0) is 20.9. The Balaban J connectivity index is 2.22. The highest BCUT2D eigenvalue weighted by molar-refractivity contribution is 6.31. The third-order valence-electron chi connectivity index (χ3n) is 4.01. The van der Waals surface area contributed by atoms with E-state index in [9.17, 15) is 14.0 Å². The maximum atomic E-state index is 13.7. The van der Waals surface area contributed by atoms with Crippen LogP contribution in [0.5, 0.6) is 0 Å². The second-order valence-corrected chi connectivity index (χ2v) is 7.73. The van der Waals surface area contributed by atoms with Crippen molar-refractivity contribution in [1.82, 2.24) is 10.9 Å². The van der Waals surface area contributed by atoms with E-state index in [0.717, 1.165) is 0 Å². The van der Waals surface area contributed by atoms with Crippen LogP contribution in [0, 0.1) is 11.2 Å². The summed E-state index contributed by atoms with van der Waals surface area (Å²) >= 11 is 6.10. The molecule has 150 valence electrons. The normalized spacial score (nSPS) is 11.2. The van der Waals surface area contributed by atoms with Crippen LogP contribution in [0.2, 0.25) is 5.02 Å². The monoisotopic (exact) mass is 406 g/mol. The molecule has 5 N–H and O–H groups in total. The van der Waals surface area contributed by atoms with Crippen molar-refractivity contribution in [2.24, 2.45) is 11.1 Å². The summed E-state index contributed by atoms with van der Waals surface area (Å²) in [5.41, 5.74) is 11.7. The van der Waals surface area contributed by atoms with Gasteiger partial charge in [-0.25, -0.2) is 9.82 Å². The fourth-order valence-corrected chi connectivity index (χ4v) is 2.62. The van der Waals surface area contributed by atoms with Gasteiger partial charge < -0.3 is 11.1 Å². The van der Waals surface area contributed by atoms with Gasteiger partial charge >= 0.3 is 0 Å². The molecule has 0 bridgehead atoms. The van der Waals surface area contributed by atoms with E-state index in [4.69, 9.17) is 17.3 Å². The van der Waals surface area contributed by atoms with Crippen LogP contribution in [0.1, 0.15) is 42.3 Å². The summed E-state index contributed by atoms with van der Waals surface area (Å²) < 4.78 is 13.7. The van der Waals surface area contributed by atoms with Crippen molar-refractivity contribution < 1.29 is 14.0 Å². The maximum absolute atomic E-state index is 13.7. The summed E-state index contributed by atoms with van der Waals surface area (Å²) in [5.74, 6) is -1.17. The number of anilines is 1. The van der Waals surface area contributed by atoms with Crippen LogP contribution >= 0.6 is 11.6 Å². The molecule has 0 spiro atoms. The minimum absolute atomic E-state index is 0.0866. The molecule has 6 nitrogen and oxygen atoms in total. The number of nitrogens with two attached hydrogens (primary N) is 1. The first kappa shape index (κ1) is 21.8. The molecule has 2 aromatic carbocycles. The van der Waals surface area contributed by atoms with Crippen molar-refractivity contribution >= 4 is 29.1 Å². The van der Waals surface area contributed by atoms with Crippen LogP contribution in [0.3, 0.4) is 0 Å². The molecule has 8 heteroatoms. The Kier molecular flexibility index (Phi) is 7.12. The van der Waals surface area contributed by atoms with Crippen molar-refractivity contribution in [3.8, 4) is 0 Å². The molecule has 2 aromatic rings. The standard InChI is InChI=1S/C20H24ClFN4O2/c1-20(2,3)19(28)25-17-13(10-23)8-14(21)9-15(17)18(27)26-24-11-12-6-4-5-7-16(12)22/h4-9,24H,10-11,23H2,1-3H3,(H,25,28)(H,26,27). The first-order chi connectivity index (χ1) is 13.1. The Labute approximate surface area is 168 Å². The quantitative estimate of drug-likeness (QED) is 0.553. The number of carbonyl (C=O) groups excluding carboxylic acids is 2. The van der Waals surface area contributed by atoms with E-state index >= 15 is 0 Å². The molecule has 2 rings (SSSR count). The molecular formula is C20H24ClFN4O2. The molecule has 2 amide bonds. The van der Waals surface area contributed by atoms with E-state index in [2.05, 4.69) is 16.2 Å². The second-order valence-electron chi connectivity index (χ2n) is 7.29. The molecule has 0 saturated carbocycles. The highest BCUT2D eigenvalue weighted by Crippen LogP contribution is 2.28. The fraction of sp³-hybridized carbons (Fsp3) is 0.300. The number of rotatable bonds is 6. The lowest BCUT2D eigenvalue weighted by atomic mass is 9.95. The first-order valence-electron chi connectivity index (χ1n) is 8.74. The largest absolute Gasteiger partial charge is 0.326 e. The van der Waals surface area contributed by atoms with E-state index < -0.39 is 11.3 Å².